The van der Waals surface area contributed by atoms with E-state index < -0.39 is 0 Å². The molecule has 0 saturated carbocycles. The Morgan fingerprint density at radius 2 is 0.769 bits per heavy atom. The van der Waals surface area contributed by atoms with Gasteiger partial charge in [0, 0.05) is 0 Å². The van der Waals surface area contributed by atoms with Crippen molar-refractivity contribution in [1.82, 2.24) is 0 Å². The van der Waals surface area contributed by atoms with Gasteiger partial charge in [0.05, 0.1) is 0 Å². The summed E-state index contributed by atoms with van der Waals surface area (Å²) in [7, 11) is 0. The van der Waals surface area contributed by atoms with Crippen LogP contribution in [-0.2, 0) is 26.2 Å². The molecule has 0 fully saturated rings. The Bertz CT molecular complexity index is 152. The van der Waals surface area contributed by atoms with Crippen molar-refractivity contribution in [2.75, 3.05) is 0 Å². The van der Waals surface area contributed by atoms with Crippen molar-refractivity contribution in [2.24, 2.45) is 0 Å². The quantitative estimate of drug-likeness (QED) is 0.636. The van der Waals surface area contributed by atoms with E-state index in [1.165, 1.54) is 0 Å². The van der Waals surface area contributed by atoms with Crippen LogP contribution in [-0.4, -0.2) is 11.0 Å². The van der Waals surface area contributed by atoms with Crippen molar-refractivity contribution in [3.63, 3.8) is 0 Å². The van der Waals surface area contributed by atoms with Crippen LogP contribution >= 0.6 is 0 Å². The van der Waals surface area contributed by atoms with Crippen molar-refractivity contribution >= 4 is 0 Å². The summed E-state index contributed by atoms with van der Waals surface area (Å²) in [6.07, 6.45) is 0. The van der Waals surface area contributed by atoms with Crippen LogP contribution in [0.5, 0.6) is 0 Å². The maximum Gasteiger partial charge on any atom is 2.00 e. The van der Waals surface area contributed by atoms with Gasteiger partial charge in [-0.1, -0.05) is 0 Å². The van der Waals surface area contributed by atoms with E-state index in [0.29, 0.717) is 0 Å². The first kappa shape index (κ1) is 18.3. The molecule has 4 N–H and O–H groups in total. The second-order valence-electron chi connectivity index (χ2n) is 1.92. The molecular weight excluding hydrogens is 243 g/mol. The van der Waals surface area contributed by atoms with Crippen molar-refractivity contribution in [1.29, 1.82) is 0 Å². The Kier molecular flexibility index (Phi) is 19.8. The van der Waals surface area contributed by atoms with Crippen LogP contribution < -0.4 is 0 Å². The third-order valence-electron chi connectivity index (χ3n) is 1.11. The first-order chi connectivity index (χ1) is 5.00. The first-order valence-corrected chi connectivity index (χ1v) is 3.33. The summed E-state index contributed by atoms with van der Waals surface area (Å²) in [4.78, 5) is 0. The Balaban J connectivity index is -0.000000125. The van der Waals surface area contributed by atoms with Crippen molar-refractivity contribution in [3.05, 3.63) is 60.7 Å². The minimum Gasteiger partial charge on any atom is -0.412 e. The van der Waals surface area contributed by atoms with E-state index in [2.05, 4.69) is 0 Å². The van der Waals surface area contributed by atoms with E-state index in [9.17, 15) is 0 Å². The Hall–Kier alpha value is -0.497. The van der Waals surface area contributed by atoms with E-state index >= 15 is 0 Å². The van der Waals surface area contributed by atoms with E-state index in [1.807, 2.05) is 60.7 Å². The first-order valence-electron chi connectivity index (χ1n) is 3.33. The van der Waals surface area contributed by atoms with Gasteiger partial charge in [0.2, 0.25) is 0 Å². The Morgan fingerprint density at radius 1 is 0.538 bits per heavy atom. The Morgan fingerprint density at radius 3 is 0.846 bits per heavy atom. The summed E-state index contributed by atoms with van der Waals surface area (Å²) in [5.41, 5.74) is 0. The average molecular weight is 257 g/mol. The third-order valence-corrected chi connectivity index (χ3v) is 1.11. The summed E-state index contributed by atoms with van der Waals surface area (Å²) in [5.74, 6) is 0. The normalized spacial score (nSPS) is 6.15. The smallest absolute Gasteiger partial charge is 0.412 e. The molecular formula is C10H14O2Zr. The average Bonchev–Trinajstić information content (AvgIpc) is 2.67. The van der Waals surface area contributed by atoms with Crippen LogP contribution in [0, 0.1) is 0 Å². The summed E-state index contributed by atoms with van der Waals surface area (Å²) >= 11 is 0. The molecule has 0 aromatic heterocycles. The van der Waals surface area contributed by atoms with Crippen molar-refractivity contribution < 1.29 is 37.2 Å². The summed E-state index contributed by atoms with van der Waals surface area (Å²) < 4.78 is 0. The van der Waals surface area contributed by atoms with Gasteiger partial charge in [0.1, 0.15) is 0 Å². The zero-order valence-corrected chi connectivity index (χ0v) is 9.73. The van der Waals surface area contributed by atoms with Gasteiger partial charge in [-0.3, -0.25) is 0 Å². The number of rotatable bonds is 0. The maximum atomic E-state index is 2.00. The molecule has 0 aliphatic heterocycles. The fourth-order valence-corrected chi connectivity index (χ4v) is 0.642. The maximum absolute atomic E-state index is 2.00. The molecule has 0 amide bonds. The zero-order chi connectivity index (χ0) is 7.07. The molecule has 0 aliphatic rings. The molecule has 0 atom stereocenters. The van der Waals surface area contributed by atoms with E-state index in [4.69, 9.17) is 0 Å². The van der Waals surface area contributed by atoms with Crippen molar-refractivity contribution in [2.45, 2.75) is 0 Å². The molecule has 0 radical (unpaired) electrons. The summed E-state index contributed by atoms with van der Waals surface area (Å²) in [5, 5.41) is 0. The van der Waals surface area contributed by atoms with E-state index in [0.717, 1.165) is 0 Å². The molecule has 0 saturated heterocycles. The van der Waals surface area contributed by atoms with Crippen LogP contribution in [0.15, 0.2) is 60.7 Å². The largest absolute Gasteiger partial charge is 2.00 e. The topological polar surface area (TPSA) is 63.0 Å². The Labute approximate surface area is 97.7 Å². The van der Waals surface area contributed by atoms with Gasteiger partial charge in [-0.2, -0.15) is 36.4 Å². The zero-order valence-electron chi connectivity index (χ0n) is 7.27. The van der Waals surface area contributed by atoms with Crippen LogP contribution in [0.3, 0.4) is 0 Å². The van der Waals surface area contributed by atoms with Crippen LogP contribution in [0.1, 0.15) is 0 Å². The van der Waals surface area contributed by atoms with Gasteiger partial charge in [-0.25, -0.2) is 24.3 Å². The summed E-state index contributed by atoms with van der Waals surface area (Å²) in [6, 6.07) is 20.0. The van der Waals surface area contributed by atoms with Gasteiger partial charge in [-0.15, -0.1) is 0 Å². The second kappa shape index (κ2) is 14.1. The molecule has 0 aliphatic carbocycles. The minimum atomic E-state index is 0. The molecule has 70 valence electrons. The fourth-order valence-electron chi connectivity index (χ4n) is 0.642. The molecule has 0 heterocycles. The number of hydrogen-bond acceptors (Lipinski definition) is 0. The SMILES string of the molecule is O.O.[Zr+2].c1cc[cH-]c1.c1cc[cH-]c1. The van der Waals surface area contributed by atoms with Crippen molar-refractivity contribution in [3.8, 4) is 0 Å². The monoisotopic (exact) mass is 256 g/mol. The van der Waals surface area contributed by atoms with Crippen LogP contribution in [0.25, 0.3) is 0 Å². The predicted octanol–water partition coefficient (Wildman–Crippen LogP) is 1.16. The van der Waals surface area contributed by atoms with Crippen LogP contribution in [0.2, 0.25) is 0 Å². The standard InChI is InChI=1S/2C5H5.2H2O.Zr/c2*1-2-4-5-3-1;;;/h2*1-5H;2*1H2;/q2*-1;;;+2. The molecule has 0 bridgehead atoms. The third kappa shape index (κ3) is 11.5. The van der Waals surface area contributed by atoms with E-state index in [-0.39, 0.29) is 37.2 Å². The van der Waals surface area contributed by atoms with E-state index in [1.54, 1.807) is 0 Å². The van der Waals surface area contributed by atoms with Gasteiger partial charge in [0.15, 0.2) is 0 Å². The molecule has 3 heteroatoms. The van der Waals surface area contributed by atoms with Gasteiger partial charge >= 0.3 is 26.2 Å². The van der Waals surface area contributed by atoms with Gasteiger partial charge in [-0.05, 0) is 0 Å². The molecule has 0 unspecified atom stereocenters. The van der Waals surface area contributed by atoms with Crippen LogP contribution in [0.4, 0.5) is 0 Å². The molecule has 2 rings (SSSR count). The van der Waals surface area contributed by atoms with Gasteiger partial charge in [0.25, 0.3) is 0 Å². The molecule has 2 aromatic carbocycles. The number of hydrogen-bond donors (Lipinski definition) is 0. The van der Waals surface area contributed by atoms with Gasteiger partial charge < -0.3 is 11.0 Å². The second-order valence-corrected chi connectivity index (χ2v) is 1.92. The minimum absolute atomic E-state index is 0. The molecule has 2 nitrogen and oxygen atoms in total. The molecule has 13 heavy (non-hydrogen) atoms. The predicted molar refractivity (Wildman–Crippen MR) is 51.3 cm³/mol. The molecule has 2 aromatic rings. The fraction of sp³-hybridized carbons (Fsp3) is 0. The molecule has 0 spiro atoms. The summed E-state index contributed by atoms with van der Waals surface area (Å²) in [6.45, 7) is 0.